The summed E-state index contributed by atoms with van der Waals surface area (Å²) in [6, 6.07) is 0. The van der Waals surface area contributed by atoms with Crippen LogP contribution >= 0.6 is 11.8 Å². The van der Waals surface area contributed by atoms with Gasteiger partial charge in [-0.3, -0.25) is 4.79 Å². The lowest BCUT2D eigenvalue weighted by molar-refractivity contribution is -0.193. The third kappa shape index (κ3) is 2.00. The van der Waals surface area contributed by atoms with Crippen molar-refractivity contribution in [1.82, 2.24) is 0 Å². The fourth-order valence-corrected chi connectivity index (χ4v) is 2.30. The fraction of sp³-hybridized carbons (Fsp3) is 0.667. The van der Waals surface area contributed by atoms with Gasteiger partial charge in [-0.15, -0.1) is 0 Å². The van der Waals surface area contributed by atoms with Crippen molar-refractivity contribution in [3.8, 4) is 0 Å². The minimum absolute atomic E-state index is 0.117. The van der Waals surface area contributed by atoms with Gasteiger partial charge in [-0.05, 0) is 6.92 Å². The first kappa shape index (κ1) is 11.7. The number of aliphatic hydroxyl groups is 1. The first-order valence-electron chi connectivity index (χ1n) is 4.19. The number of methoxy groups -OCH3 is 2. The van der Waals surface area contributed by atoms with Gasteiger partial charge in [0.15, 0.2) is 6.29 Å². The predicted octanol–water partition coefficient (Wildman–Crippen LogP) is 0.556. The van der Waals surface area contributed by atoms with Gasteiger partial charge in [0.2, 0.25) is 5.12 Å². The number of carbonyl (C=O) groups is 1. The number of thioether (sulfide) groups is 1. The summed E-state index contributed by atoms with van der Waals surface area (Å²) in [7, 11) is 2.85. The van der Waals surface area contributed by atoms with Gasteiger partial charge in [-0.25, -0.2) is 0 Å². The molecule has 0 saturated heterocycles. The molecule has 0 bridgehead atoms. The molecular formula is C9H14O4S. The molecule has 0 aromatic carbocycles. The zero-order chi connectivity index (χ0) is 10.8. The minimum Gasteiger partial charge on any atom is -0.380 e. The van der Waals surface area contributed by atoms with Crippen molar-refractivity contribution in [3.63, 3.8) is 0 Å². The lowest BCUT2D eigenvalue weighted by Crippen LogP contribution is -2.44. The molecule has 0 unspecified atom stereocenters. The van der Waals surface area contributed by atoms with Crippen LogP contribution < -0.4 is 0 Å². The van der Waals surface area contributed by atoms with E-state index >= 15 is 0 Å². The number of hydrogen-bond acceptors (Lipinski definition) is 5. The van der Waals surface area contributed by atoms with Gasteiger partial charge in [-0.2, -0.15) is 0 Å². The number of rotatable bonds is 4. The second-order valence-corrected chi connectivity index (χ2v) is 4.16. The van der Waals surface area contributed by atoms with Gasteiger partial charge < -0.3 is 14.6 Å². The van der Waals surface area contributed by atoms with E-state index in [9.17, 15) is 9.90 Å². The van der Waals surface area contributed by atoms with Crippen molar-refractivity contribution in [2.45, 2.75) is 18.8 Å². The first-order chi connectivity index (χ1) is 6.54. The Kier molecular flexibility index (Phi) is 3.71. The second-order valence-electron chi connectivity index (χ2n) is 3.17. The van der Waals surface area contributed by atoms with Crippen molar-refractivity contribution in [2.75, 3.05) is 20.0 Å². The molecule has 0 aromatic heterocycles. The zero-order valence-corrected chi connectivity index (χ0v) is 9.26. The monoisotopic (exact) mass is 218 g/mol. The first-order valence-corrected chi connectivity index (χ1v) is 5.18. The van der Waals surface area contributed by atoms with Crippen LogP contribution in [0.2, 0.25) is 0 Å². The van der Waals surface area contributed by atoms with E-state index in [2.05, 4.69) is 0 Å². The van der Waals surface area contributed by atoms with Gasteiger partial charge in [0.05, 0.1) is 0 Å². The normalized spacial score (nSPS) is 21.2. The van der Waals surface area contributed by atoms with E-state index in [4.69, 9.17) is 9.47 Å². The van der Waals surface area contributed by atoms with E-state index in [1.807, 2.05) is 0 Å². The van der Waals surface area contributed by atoms with E-state index < -0.39 is 11.9 Å². The maximum atomic E-state index is 11.4. The van der Waals surface area contributed by atoms with E-state index in [0.29, 0.717) is 11.3 Å². The van der Waals surface area contributed by atoms with Gasteiger partial charge in [0.25, 0.3) is 0 Å². The van der Waals surface area contributed by atoms with Crippen molar-refractivity contribution < 1.29 is 19.4 Å². The van der Waals surface area contributed by atoms with Crippen molar-refractivity contribution in [3.05, 3.63) is 11.6 Å². The number of ether oxygens (including phenoxy) is 2. The zero-order valence-electron chi connectivity index (χ0n) is 8.44. The summed E-state index contributed by atoms with van der Waals surface area (Å²) in [6.45, 7) is 1.51. The van der Waals surface area contributed by atoms with Crippen LogP contribution in [0.5, 0.6) is 0 Å². The third-order valence-electron chi connectivity index (χ3n) is 2.15. The molecule has 80 valence electrons. The maximum absolute atomic E-state index is 11.4. The molecule has 1 atom stereocenters. The van der Waals surface area contributed by atoms with Gasteiger partial charge in [0.1, 0.15) is 5.60 Å². The molecule has 0 radical (unpaired) electrons. The Morgan fingerprint density at radius 3 is 2.50 bits per heavy atom. The van der Waals surface area contributed by atoms with E-state index in [0.717, 1.165) is 0 Å². The van der Waals surface area contributed by atoms with Crippen LogP contribution in [0.15, 0.2) is 11.6 Å². The molecular weight excluding hydrogens is 204 g/mol. The van der Waals surface area contributed by atoms with Gasteiger partial charge in [0, 0.05) is 25.5 Å². The van der Waals surface area contributed by atoms with E-state index in [1.54, 1.807) is 6.08 Å². The molecule has 0 fully saturated rings. The van der Waals surface area contributed by atoms with Crippen LogP contribution in [0.3, 0.4) is 0 Å². The largest absolute Gasteiger partial charge is 0.380 e. The fourth-order valence-electron chi connectivity index (χ4n) is 1.46. The predicted molar refractivity (Wildman–Crippen MR) is 54.0 cm³/mol. The summed E-state index contributed by atoms with van der Waals surface area (Å²) >= 11 is 1.17. The average Bonchev–Trinajstić information content (AvgIpc) is 2.53. The Labute approximate surface area is 87.3 Å². The Morgan fingerprint density at radius 2 is 2.14 bits per heavy atom. The Morgan fingerprint density at radius 1 is 1.57 bits per heavy atom. The van der Waals surface area contributed by atoms with Crippen LogP contribution in [0.1, 0.15) is 6.92 Å². The molecule has 14 heavy (non-hydrogen) atoms. The summed E-state index contributed by atoms with van der Waals surface area (Å²) in [6.07, 6.45) is 0.884. The van der Waals surface area contributed by atoms with E-state index in [1.165, 1.54) is 32.9 Å². The van der Waals surface area contributed by atoms with Gasteiger partial charge >= 0.3 is 0 Å². The van der Waals surface area contributed by atoms with E-state index in [-0.39, 0.29) is 5.12 Å². The Bertz CT molecular complexity index is 256. The summed E-state index contributed by atoms with van der Waals surface area (Å²) < 4.78 is 9.90. The lowest BCUT2D eigenvalue weighted by atomic mass is 9.96. The number of carbonyl (C=O) groups excluding carboxylic acids is 1. The summed E-state index contributed by atoms with van der Waals surface area (Å²) in [5.74, 6) is 0.602. The van der Waals surface area contributed by atoms with Crippen LogP contribution in [-0.2, 0) is 14.3 Å². The third-order valence-corrected chi connectivity index (χ3v) is 2.97. The molecule has 1 heterocycles. The van der Waals surface area contributed by atoms with Crippen LogP contribution in [0, 0.1) is 0 Å². The highest BCUT2D eigenvalue weighted by Gasteiger charge is 2.41. The van der Waals surface area contributed by atoms with Crippen molar-refractivity contribution >= 4 is 16.9 Å². The second kappa shape index (κ2) is 4.44. The standard InChI is InChI=1S/C9H14O4S/c1-9(11,8(12-2)13-3)6-4-5-14-7(6)10/h4,8,11H,5H2,1-3H3/t9-/m0/s1. The quantitative estimate of drug-likeness (QED) is 0.699. The SMILES string of the molecule is COC(OC)[C@@](C)(O)C1=CCSC1=O. The molecule has 1 rings (SSSR count). The smallest absolute Gasteiger partial charge is 0.218 e. The Balaban J connectivity index is 2.87. The molecule has 1 aliphatic heterocycles. The average molecular weight is 218 g/mol. The highest BCUT2D eigenvalue weighted by atomic mass is 32.2. The molecule has 0 spiro atoms. The topological polar surface area (TPSA) is 55.8 Å². The molecule has 0 aromatic rings. The molecule has 0 aliphatic carbocycles. The van der Waals surface area contributed by atoms with Crippen LogP contribution in [0.25, 0.3) is 0 Å². The van der Waals surface area contributed by atoms with Crippen LogP contribution in [0.4, 0.5) is 0 Å². The highest BCUT2D eigenvalue weighted by molar-refractivity contribution is 8.14. The highest BCUT2D eigenvalue weighted by Crippen LogP contribution is 2.32. The molecule has 0 saturated carbocycles. The number of hydrogen-bond donors (Lipinski definition) is 1. The summed E-state index contributed by atoms with van der Waals surface area (Å²) in [5.41, 5.74) is -1.03. The molecule has 1 N–H and O–H groups in total. The van der Waals surface area contributed by atoms with Crippen molar-refractivity contribution in [2.24, 2.45) is 0 Å². The lowest BCUT2D eigenvalue weighted by Gasteiger charge is -2.30. The molecule has 4 nitrogen and oxygen atoms in total. The minimum atomic E-state index is -1.38. The molecule has 1 aliphatic rings. The summed E-state index contributed by atoms with van der Waals surface area (Å²) in [5, 5.41) is 9.98. The maximum Gasteiger partial charge on any atom is 0.218 e. The molecule has 5 heteroatoms. The Hall–Kier alpha value is -0.360. The van der Waals surface area contributed by atoms with Crippen molar-refractivity contribution in [1.29, 1.82) is 0 Å². The molecule has 0 amide bonds. The van der Waals surface area contributed by atoms with Gasteiger partial charge in [-0.1, -0.05) is 17.8 Å². The summed E-state index contributed by atoms with van der Waals surface area (Å²) in [4.78, 5) is 11.4. The van der Waals surface area contributed by atoms with Crippen LogP contribution in [-0.4, -0.2) is 42.1 Å².